The molecule has 1 fully saturated rings. The van der Waals surface area contributed by atoms with E-state index in [1.165, 1.54) is 32.1 Å². The number of halogens is 1. The van der Waals surface area contributed by atoms with Crippen molar-refractivity contribution in [3.8, 4) is 11.4 Å². The summed E-state index contributed by atoms with van der Waals surface area (Å²) in [5.74, 6) is 1.39. The van der Waals surface area contributed by atoms with Crippen LogP contribution >= 0.6 is 12.4 Å². The second kappa shape index (κ2) is 7.05. The van der Waals surface area contributed by atoms with Crippen molar-refractivity contribution in [3.63, 3.8) is 0 Å². The van der Waals surface area contributed by atoms with E-state index in [2.05, 4.69) is 10.1 Å². The molecule has 2 N–H and O–H groups in total. The molecule has 4 nitrogen and oxygen atoms in total. The summed E-state index contributed by atoms with van der Waals surface area (Å²) in [5, 5.41) is 4.09. The molecule has 114 valence electrons. The van der Waals surface area contributed by atoms with Gasteiger partial charge in [-0.3, -0.25) is 0 Å². The monoisotopic (exact) mass is 307 g/mol. The molecule has 2 aromatic rings. The van der Waals surface area contributed by atoms with E-state index < -0.39 is 0 Å². The van der Waals surface area contributed by atoms with Crippen LogP contribution in [-0.2, 0) is 6.42 Å². The van der Waals surface area contributed by atoms with Gasteiger partial charge < -0.3 is 10.3 Å². The van der Waals surface area contributed by atoms with Gasteiger partial charge in [0, 0.05) is 12.0 Å². The van der Waals surface area contributed by atoms with E-state index in [0.29, 0.717) is 12.4 Å². The fraction of sp³-hybridized carbons (Fsp3) is 0.500. The molecular formula is C16H22ClN3O. The Labute approximate surface area is 131 Å². The molecule has 1 aromatic carbocycles. The molecular weight excluding hydrogens is 286 g/mol. The number of hydrogen-bond donors (Lipinski definition) is 1. The normalized spacial score (nSPS) is 17.2. The quantitative estimate of drug-likeness (QED) is 0.937. The molecule has 1 aliphatic rings. The summed E-state index contributed by atoms with van der Waals surface area (Å²) in [6, 6.07) is 9.93. The van der Waals surface area contributed by atoms with Crippen LogP contribution in [0.15, 0.2) is 34.9 Å². The molecule has 1 saturated carbocycles. The summed E-state index contributed by atoms with van der Waals surface area (Å²) in [7, 11) is 0. The zero-order chi connectivity index (χ0) is 13.8. The largest absolute Gasteiger partial charge is 0.339 e. The molecule has 0 radical (unpaired) electrons. The van der Waals surface area contributed by atoms with Gasteiger partial charge in [0.25, 0.3) is 0 Å². The number of aromatic nitrogens is 2. The lowest BCUT2D eigenvalue weighted by Gasteiger charge is -2.34. The summed E-state index contributed by atoms with van der Waals surface area (Å²) in [5.41, 5.74) is 7.17. The molecule has 5 heteroatoms. The first kappa shape index (κ1) is 16.0. The van der Waals surface area contributed by atoms with Crippen molar-refractivity contribution < 1.29 is 4.52 Å². The third-order valence-electron chi connectivity index (χ3n) is 4.37. The van der Waals surface area contributed by atoms with E-state index in [1.807, 2.05) is 30.3 Å². The van der Waals surface area contributed by atoms with Crippen molar-refractivity contribution in [2.75, 3.05) is 6.54 Å². The first-order chi connectivity index (χ1) is 9.81. The summed E-state index contributed by atoms with van der Waals surface area (Å²) in [4.78, 5) is 4.53. The van der Waals surface area contributed by atoms with Crippen LogP contribution in [0.3, 0.4) is 0 Å². The lowest BCUT2D eigenvalue weighted by atomic mass is 9.72. The highest BCUT2D eigenvalue weighted by atomic mass is 35.5. The highest BCUT2D eigenvalue weighted by Crippen LogP contribution is 2.38. The first-order valence-corrected chi connectivity index (χ1v) is 7.39. The molecule has 1 heterocycles. The van der Waals surface area contributed by atoms with Crippen LogP contribution < -0.4 is 5.73 Å². The van der Waals surface area contributed by atoms with Gasteiger partial charge in [-0.15, -0.1) is 12.4 Å². The Bertz CT molecular complexity index is 550. The highest BCUT2D eigenvalue weighted by molar-refractivity contribution is 5.85. The first-order valence-electron chi connectivity index (χ1n) is 7.39. The van der Waals surface area contributed by atoms with Crippen molar-refractivity contribution in [3.05, 3.63) is 36.2 Å². The molecule has 21 heavy (non-hydrogen) atoms. The Balaban J connectivity index is 0.00000161. The summed E-state index contributed by atoms with van der Waals surface area (Å²) in [6.07, 6.45) is 7.00. The Kier molecular flexibility index (Phi) is 5.37. The third-order valence-corrected chi connectivity index (χ3v) is 4.37. The van der Waals surface area contributed by atoms with Gasteiger partial charge >= 0.3 is 0 Å². The SMILES string of the molecule is Cl.NCC1(Cc2nc(-c3ccccc3)no2)CCCCC1. The summed E-state index contributed by atoms with van der Waals surface area (Å²) < 4.78 is 5.43. The maximum absolute atomic E-state index is 6.01. The molecule has 1 aromatic heterocycles. The maximum atomic E-state index is 6.01. The molecule has 0 bridgehead atoms. The van der Waals surface area contributed by atoms with Crippen LogP contribution in [0.2, 0.25) is 0 Å². The van der Waals surface area contributed by atoms with Gasteiger partial charge in [-0.05, 0) is 24.8 Å². The van der Waals surface area contributed by atoms with Crippen molar-refractivity contribution >= 4 is 12.4 Å². The van der Waals surface area contributed by atoms with Gasteiger partial charge in [-0.25, -0.2) is 0 Å². The molecule has 0 amide bonds. The smallest absolute Gasteiger partial charge is 0.227 e. The Morgan fingerprint density at radius 3 is 2.48 bits per heavy atom. The fourth-order valence-corrected chi connectivity index (χ4v) is 3.11. The number of nitrogens with two attached hydrogens (primary N) is 1. The lowest BCUT2D eigenvalue weighted by Crippen LogP contribution is -2.35. The van der Waals surface area contributed by atoms with Gasteiger partial charge in [-0.2, -0.15) is 4.98 Å². The predicted octanol–water partition coefficient (Wildman–Crippen LogP) is 3.61. The van der Waals surface area contributed by atoms with Gasteiger partial charge in [0.15, 0.2) is 0 Å². The van der Waals surface area contributed by atoms with Gasteiger partial charge in [0.1, 0.15) is 0 Å². The molecule has 0 aliphatic heterocycles. The molecule has 1 aliphatic carbocycles. The van der Waals surface area contributed by atoms with E-state index in [4.69, 9.17) is 10.3 Å². The van der Waals surface area contributed by atoms with E-state index in [9.17, 15) is 0 Å². The Morgan fingerprint density at radius 2 is 1.81 bits per heavy atom. The minimum atomic E-state index is 0. The zero-order valence-corrected chi connectivity index (χ0v) is 12.9. The van der Waals surface area contributed by atoms with Gasteiger partial charge in [0.05, 0.1) is 0 Å². The van der Waals surface area contributed by atoms with Crippen LogP contribution in [0.1, 0.15) is 38.0 Å². The Hall–Kier alpha value is -1.39. The Morgan fingerprint density at radius 1 is 1.10 bits per heavy atom. The molecule has 0 unspecified atom stereocenters. The van der Waals surface area contributed by atoms with Gasteiger partial charge in [-0.1, -0.05) is 54.8 Å². The minimum Gasteiger partial charge on any atom is -0.339 e. The van der Waals surface area contributed by atoms with Crippen molar-refractivity contribution in [2.24, 2.45) is 11.1 Å². The van der Waals surface area contributed by atoms with Crippen molar-refractivity contribution in [1.29, 1.82) is 0 Å². The van der Waals surface area contributed by atoms with Gasteiger partial charge in [0.2, 0.25) is 11.7 Å². The lowest BCUT2D eigenvalue weighted by molar-refractivity contribution is 0.177. The predicted molar refractivity (Wildman–Crippen MR) is 85.3 cm³/mol. The standard InChI is InChI=1S/C16H21N3O.ClH/c17-12-16(9-5-2-6-10-16)11-14-18-15(19-20-14)13-7-3-1-4-8-13;/h1,3-4,7-8H,2,5-6,9-12,17H2;1H. The van der Waals surface area contributed by atoms with Crippen molar-refractivity contribution in [2.45, 2.75) is 38.5 Å². The maximum Gasteiger partial charge on any atom is 0.227 e. The average molecular weight is 308 g/mol. The minimum absolute atomic E-state index is 0. The van der Waals surface area contributed by atoms with Crippen molar-refractivity contribution in [1.82, 2.24) is 10.1 Å². The number of hydrogen-bond acceptors (Lipinski definition) is 4. The van der Waals surface area contributed by atoms with E-state index in [-0.39, 0.29) is 17.8 Å². The third kappa shape index (κ3) is 3.63. The van der Waals surface area contributed by atoms with E-state index in [0.717, 1.165) is 17.9 Å². The summed E-state index contributed by atoms with van der Waals surface area (Å²) >= 11 is 0. The molecule has 0 atom stereocenters. The summed E-state index contributed by atoms with van der Waals surface area (Å²) in [6.45, 7) is 0.704. The second-order valence-electron chi connectivity index (χ2n) is 5.82. The van der Waals surface area contributed by atoms with E-state index in [1.54, 1.807) is 0 Å². The van der Waals surface area contributed by atoms with Crippen LogP contribution in [0, 0.1) is 5.41 Å². The zero-order valence-electron chi connectivity index (χ0n) is 12.1. The fourth-order valence-electron chi connectivity index (χ4n) is 3.11. The van der Waals surface area contributed by atoms with Crippen LogP contribution in [0.5, 0.6) is 0 Å². The average Bonchev–Trinajstić information content (AvgIpc) is 2.97. The topological polar surface area (TPSA) is 64.9 Å². The highest BCUT2D eigenvalue weighted by Gasteiger charge is 2.32. The van der Waals surface area contributed by atoms with Crippen LogP contribution in [0.4, 0.5) is 0 Å². The van der Waals surface area contributed by atoms with Crippen LogP contribution in [0.25, 0.3) is 11.4 Å². The second-order valence-corrected chi connectivity index (χ2v) is 5.82. The number of benzene rings is 1. The van der Waals surface area contributed by atoms with Crippen LogP contribution in [-0.4, -0.2) is 16.7 Å². The van der Waals surface area contributed by atoms with E-state index >= 15 is 0 Å². The number of rotatable bonds is 4. The molecule has 0 spiro atoms. The molecule has 0 saturated heterocycles. The molecule has 3 rings (SSSR count). The number of nitrogens with zero attached hydrogens (tertiary/aromatic N) is 2.